The molecule has 4 heteroatoms. The summed E-state index contributed by atoms with van der Waals surface area (Å²) in [6.45, 7) is 9.71. The van der Waals surface area contributed by atoms with E-state index in [1.807, 2.05) is 4.68 Å². The largest absolute Gasteiger partial charge is 0.310 e. The molecule has 0 aromatic carbocycles. The first kappa shape index (κ1) is 15.5. The van der Waals surface area contributed by atoms with Crippen LogP contribution >= 0.6 is 0 Å². The third-order valence-electron chi connectivity index (χ3n) is 4.38. The zero-order valence-corrected chi connectivity index (χ0v) is 13.3. The predicted octanol–water partition coefficient (Wildman–Crippen LogP) is 3.24. The van der Waals surface area contributed by atoms with Crippen LogP contribution in [0.5, 0.6) is 0 Å². The minimum Gasteiger partial charge on any atom is -0.310 e. The molecule has 1 fully saturated rings. The van der Waals surface area contributed by atoms with Crippen LogP contribution in [0.3, 0.4) is 0 Å². The summed E-state index contributed by atoms with van der Waals surface area (Å²) < 4.78 is 2.03. The molecule has 0 unspecified atom stereocenters. The Balaban J connectivity index is 1.65. The van der Waals surface area contributed by atoms with Gasteiger partial charge in [-0.1, -0.05) is 46.5 Å². The molecule has 20 heavy (non-hydrogen) atoms. The van der Waals surface area contributed by atoms with Gasteiger partial charge in [-0.25, -0.2) is 9.67 Å². The smallest absolute Gasteiger partial charge is 0.140 e. The zero-order valence-electron chi connectivity index (χ0n) is 13.3. The van der Waals surface area contributed by atoms with Crippen LogP contribution in [0.25, 0.3) is 0 Å². The standard InChI is InChI=1S/C16H30N4/c1-13(2)11-20-16(18-12-19-20)10-17-9-8-15-6-4-14(3)5-7-15/h12-15,17H,4-11H2,1-3H3. The summed E-state index contributed by atoms with van der Waals surface area (Å²) in [5, 5.41) is 7.84. The summed E-state index contributed by atoms with van der Waals surface area (Å²) in [5.41, 5.74) is 0. The lowest BCUT2D eigenvalue weighted by Crippen LogP contribution is -2.23. The highest BCUT2D eigenvalue weighted by Gasteiger charge is 2.17. The summed E-state index contributed by atoms with van der Waals surface area (Å²) in [7, 11) is 0. The van der Waals surface area contributed by atoms with Crippen LogP contribution < -0.4 is 5.32 Å². The Morgan fingerprint density at radius 1 is 1.30 bits per heavy atom. The second-order valence-electron chi connectivity index (χ2n) is 6.84. The molecule has 0 amide bonds. The van der Waals surface area contributed by atoms with Crippen molar-refractivity contribution in [3.05, 3.63) is 12.2 Å². The Bertz CT molecular complexity index is 378. The van der Waals surface area contributed by atoms with Crippen LogP contribution in [0.15, 0.2) is 6.33 Å². The van der Waals surface area contributed by atoms with Crippen molar-refractivity contribution in [3.63, 3.8) is 0 Å². The fourth-order valence-corrected chi connectivity index (χ4v) is 3.05. The quantitative estimate of drug-likeness (QED) is 0.779. The van der Waals surface area contributed by atoms with Gasteiger partial charge in [0.05, 0.1) is 6.54 Å². The lowest BCUT2D eigenvalue weighted by Gasteiger charge is -2.26. The van der Waals surface area contributed by atoms with E-state index in [0.717, 1.165) is 37.3 Å². The van der Waals surface area contributed by atoms with Gasteiger partial charge in [0.25, 0.3) is 0 Å². The van der Waals surface area contributed by atoms with E-state index in [1.165, 1.54) is 32.1 Å². The molecule has 4 nitrogen and oxygen atoms in total. The van der Waals surface area contributed by atoms with Gasteiger partial charge >= 0.3 is 0 Å². The minimum absolute atomic E-state index is 0.611. The van der Waals surface area contributed by atoms with Crippen molar-refractivity contribution in [2.45, 2.75) is 66.0 Å². The molecule has 1 aliphatic rings. The summed E-state index contributed by atoms with van der Waals surface area (Å²) in [6.07, 6.45) is 8.67. The number of aromatic nitrogens is 3. The molecule has 1 heterocycles. The van der Waals surface area contributed by atoms with Gasteiger partial charge in [0.15, 0.2) is 0 Å². The maximum absolute atomic E-state index is 4.35. The second-order valence-corrected chi connectivity index (χ2v) is 6.84. The molecule has 0 aliphatic heterocycles. The third-order valence-corrected chi connectivity index (χ3v) is 4.38. The van der Waals surface area contributed by atoms with E-state index < -0.39 is 0 Å². The molecular weight excluding hydrogens is 248 g/mol. The van der Waals surface area contributed by atoms with Gasteiger partial charge in [0.2, 0.25) is 0 Å². The van der Waals surface area contributed by atoms with Crippen LogP contribution in [-0.2, 0) is 13.1 Å². The lowest BCUT2D eigenvalue weighted by molar-refractivity contribution is 0.274. The number of rotatable bonds is 7. The van der Waals surface area contributed by atoms with Crippen molar-refractivity contribution < 1.29 is 0 Å². The number of nitrogens with zero attached hydrogens (tertiary/aromatic N) is 3. The first-order valence-electron chi connectivity index (χ1n) is 8.22. The van der Waals surface area contributed by atoms with Crippen LogP contribution in [0, 0.1) is 17.8 Å². The van der Waals surface area contributed by atoms with Gasteiger partial charge in [-0.15, -0.1) is 0 Å². The van der Waals surface area contributed by atoms with Crippen LogP contribution in [0.4, 0.5) is 0 Å². The SMILES string of the molecule is CC(C)Cn1ncnc1CNCCC1CCC(C)CC1. The Kier molecular flexibility index (Phi) is 6.02. The molecule has 114 valence electrons. The highest BCUT2D eigenvalue weighted by atomic mass is 15.3. The van der Waals surface area contributed by atoms with Crippen LogP contribution in [0.2, 0.25) is 0 Å². The minimum atomic E-state index is 0.611. The molecule has 1 aliphatic carbocycles. The Labute approximate surface area is 123 Å². The zero-order chi connectivity index (χ0) is 14.4. The van der Waals surface area contributed by atoms with Gasteiger partial charge in [0, 0.05) is 6.54 Å². The lowest BCUT2D eigenvalue weighted by atomic mass is 9.81. The highest BCUT2D eigenvalue weighted by Crippen LogP contribution is 2.29. The molecule has 0 bridgehead atoms. The van der Waals surface area contributed by atoms with E-state index in [2.05, 4.69) is 36.2 Å². The van der Waals surface area contributed by atoms with Gasteiger partial charge in [-0.05, 0) is 30.7 Å². The van der Waals surface area contributed by atoms with Crippen LogP contribution in [0.1, 0.15) is 58.7 Å². The number of nitrogens with one attached hydrogen (secondary N) is 1. The molecule has 0 atom stereocenters. The van der Waals surface area contributed by atoms with Crippen molar-refractivity contribution >= 4 is 0 Å². The molecule has 1 aromatic heterocycles. The van der Waals surface area contributed by atoms with Crippen molar-refractivity contribution in [1.29, 1.82) is 0 Å². The molecule has 0 saturated heterocycles. The number of hydrogen-bond acceptors (Lipinski definition) is 3. The van der Waals surface area contributed by atoms with E-state index in [1.54, 1.807) is 6.33 Å². The van der Waals surface area contributed by atoms with Gasteiger partial charge in [-0.3, -0.25) is 0 Å². The van der Waals surface area contributed by atoms with Crippen molar-refractivity contribution in [2.75, 3.05) is 6.54 Å². The molecular formula is C16H30N4. The van der Waals surface area contributed by atoms with E-state index in [-0.39, 0.29) is 0 Å². The fraction of sp³-hybridized carbons (Fsp3) is 0.875. The van der Waals surface area contributed by atoms with E-state index in [9.17, 15) is 0 Å². The Morgan fingerprint density at radius 2 is 2.05 bits per heavy atom. The van der Waals surface area contributed by atoms with Gasteiger partial charge in [0.1, 0.15) is 12.2 Å². The van der Waals surface area contributed by atoms with E-state index in [4.69, 9.17) is 0 Å². The van der Waals surface area contributed by atoms with Crippen molar-refractivity contribution in [1.82, 2.24) is 20.1 Å². The fourth-order valence-electron chi connectivity index (χ4n) is 3.05. The molecule has 1 saturated carbocycles. The summed E-state index contributed by atoms with van der Waals surface area (Å²) in [6, 6.07) is 0. The monoisotopic (exact) mass is 278 g/mol. The first-order valence-corrected chi connectivity index (χ1v) is 8.22. The molecule has 2 rings (SSSR count). The summed E-state index contributed by atoms with van der Waals surface area (Å²) in [4.78, 5) is 4.35. The normalized spacial score (nSPS) is 23.4. The first-order chi connectivity index (χ1) is 9.65. The van der Waals surface area contributed by atoms with Gasteiger partial charge < -0.3 is 5.32 Å². The maximum atomic E-state index is 4.35. The predicted molar refractivity (Wildman–Crippen MR) is 82.3 cm³/mol. The van der Waals surface area contributed by atoms with Crippen LogP contribution in [-0.4, -0.2) is 21.3 Å². The maximum Gasteiger partial charge on any atom is 0.140 e. The summed E-state index contributed by atoms with van der Waals surface area (Å²) in [5.74, 6) is 3.57. The van der Waals surface area contributed by atoms with Gasteiger partial charge in [-0.2, -0.15) is 5.10 Å². The number of hydrogen-bond donors (Lipinski definition) is 1. The molecule has 1 aromatic rings. The summed E-state index contributed by atoms with van der Waals surface area (Å²) >= 11 is 0. The topological polar surface area (TPSA) is 42.7 Å². The van der Waals surface area contributed by atoms with Crippen molar-refractivity contribution in [3.8, 4) is 0 Å². The third kappa shape index (κ3) is 4.89. The van der Waals surface area contributed by atoms with E-state index >= 15 is 0 Å². The molecule has 0 spiro atoms. The second kappa shape index (κ2) is 7.77. The Hall–Kier alpha value is -0.900. The average Bonchev–Trinajstić information content (AvgIpc) is 2.83. The van der Waals surface area contributed by atoms with E-state index in [0.29, 0.717) is 5.92 Å². The molecule has 0 radical (unpaired) electrons. The average molecular weight is 278 g/mol. The highest BCUT2D eigenvalue weighted by molar-refractivity contribution is 4.84. The Morgan fingerprint density at radius 3 is 2.75 bits per heavy atom. The van der Waals surface area contributed by atoms with Crippen molar-refractivity contribution in [2.24, 2.45) is 17.8 Å². The molecule has 1 N–H and O–H groups in total.